The molecule has 0 radical (unpaired) electrons. The Balaban J connectivity index is 1.51. The summed E-state index contributed by atoms with van der Waals surface area (Å²) in [5.74, 6) is 1.29. The van der Waals surface area contributed by atoms with Gasteiger partial charge in [-0.25, -0.2) is 0 Å². The number of hydrogen-bond acceptors (Lipinski definition) is 2. The minimum atomic E-state index is 0.188. The standard InChI is InChI=1S/C20H23NO/c1-14-19(16-11-7-4-8-12-16)22-20(21(14)2)18-13-17(18)15-9-5-3-6-10-15/h3-12,14,17-20H,13H2,1-2H3/t14-,17-,18+,19-,20-/m0/s1. The molecule has 0 bridgehead atoms. The molecule has 5 atom stereocenters. The molecule has 2 aromatic carbocycles. The molecule has 0 unspecified atom stereocenters. The molecule has 1 saturated heterocycles. The quantitative estimate of drug-likeness (QED) is 0.840. The highest BCUT2D eigenvalue weighted by molar-refractivity contribution is 5.27. The van der Waals surface area contributed by atoms with Gasteiger partial charge in [-0.3, -0.25) is 4.90 Å². The molecule has 2 heteroatoms. The van der Waals surface area contributed by atoms with Crippen molar-refractivity contribution in [2.45, 2.75) is 37.6 Å². The first-order chi connectivity index (χ1) is 10.8. The maximum Gasteiger partial charge on any atom is 0.115 e. The Morgan fingerprint density at radius 2 is 1.50 bits per heavy atom. The van der Waals surface area contributed by atoms with Crippen LogP contribution >= 0.6 is 0 Å². The number of nitrogens with zero attached hydrogens (tertiary/aromatic N) is 1. The summed E-state index contributed by atoms with van der Waals surface area (Å²) in [7, 11) is 2.21. The highest BCUT2D eigenvalue weighted by Gasteiger charge is 2.51. The lowest BCUT2D eigenvalue weighted by atomic mass is 10.0. The van der Waals surface area contributed by atoms with Crippen molar-refractivity contribution in [2.24, 2.45) is 5.92 Å². The average molecular weight is 293 g/mol. The minimum absolute atomic E-state index is 0.188. The van der Waals surface area contributed by atoms with Crippen LogP contribution < -0.4 is 0 Å². The Morgan fingerprint density at radius 1 is 0.909 bits per heavy atom. The summed E-state index contributed by atoms with van der Waals surface area (Å²) < 4.78 is 6.47. The third-order valence-electron chi connectivity index (χ3n) is 5.33. The van der Waals surface area contributed by atoms with Gasteiger partial charge in [0.25, 0.3) is 0 Å². The molecule has 4 rings (SSSR count). The van der Waals surface area contributed by atoms with Crippen LogP contribution in [0.15, 0.2) is 60.7 Å². The van der Waals surface area contributed by atoms with Crippen molar-refractivity contribution < 1.29 is 4.74 Å². The highest BCUT2D eigenvalue weighted by Crippen LogP contribution is 2.54. The van der Waals surface area contributed by atoms with Crippen molar-refractivity contribution in [1.29, 1.82) is 0 Å². The van der Waals surface area contributed by atoms with Gasteiger partial charge in [-0.1, -0.05) is 60.7 Å². The summed E-state index contributed by atoms with van der Waals surface area (Å²) in [6.07, 6.45) is 1.67. The van der Waals surface area contributed by atoms with E-state index in [1.165, 1.54) is 17.5 Å². The Morgan fingerprint density at radius 3 is 2.14 bits per heavy atom. The Labute approximate surface area is 132 Å². The third-order valence-corrected chi connectivity index (χ3v) is 5.33. The molecule has 22 heavy (non-hydrogen) atoms. The second-order valence-electron chi connectivity index (χ2n) is 6.68. The van der Waals surface area contributed by atoms with Crippen LogP contribution in [0.5, 0.6) is 0 Å². The lowest BCUT2D eigenvalue weighted by Gasteiger charge is -2.21. The number of ether oxygens (including phenoxy) is 1. The van der Waals surface area contributed by atoms with Crippen molar-refractivity contribution in [1.82, 2.24) is 4.90 Å². The van der Waals surface area contributed by atoms with E-state index in [9.17, 15) is 0 Å². The first-order valence-corrected chi connectivity index (χ1v) is 8.23. The third kappa shape index (κ3) is 2.37. The van der Waals surface area contributed by atoms with Gasteiger partial charge >= 0.3 is 0 Å². The molecule has 1 saturated carbocycles. The van der Waals surface area contributed by atoms with Crippen LogP contribution in [0.3, 0.4) is 0 Å². The van der Waals surface area contributed by atoms with Crippen molar-refractivity contribution in [3.63, 3.8) is 0 Å². The van der Waals surface area contributed by atoms with Crippen LogP contribution in [0.2, 0.25) is 0 Å². The van der Waals surface area contributed by atoms with Gasteiger partial charge in [0.1, 0.15) is 6.23 Å². The molecule has 0 spiro atoms. The lowest BCUT2D eigenvalue weighted by Crippen LogP contribution is -2.33. The van der Waals surface area contributed by atoms with E-state index in [0.29, 0.717) is 17.9 Å². The lowest BCUT2D eigenvalue weighted by molar-refractivity contribution is -0.00912. The largest absolute Gasteiger partial charge is 0.353 e. The Bertz CT molecular complexity index is 627. The average Bonchev–Trinajstić information content (AvgIpc) is 3.31. The van der Waals surface area contributed by atoms with Crippen LogP contribution in [0, 0.1) is 5.92 Å². The fourth-order valence-corrected chi connectivity index (χ4v) is 3.82. The van der Waals surface area contributed by atoms with Gasteiger partial charge in [0, 0.05) is 12.0 Å². The molecular weight excluding hydrogens is 270 g/mol. The maximum absolute atomic E-state index is 6.47. The summed E-state index contributed by atoms with van der Waals surface area (Å²) in [6, 6.07) is 21.9. The normalized spacial score (nSPS) is 34.7. The molecule has 2 nitrogen and oxygen atoms in total. The fourth-order valence-electron chi connectivity index (χ4n) is 3.82. The monoisotopic (exact) mass is 293 g/mol. The van der Waals surface area contributed by atoms with E-state index in [0.717, 1.165) is 0 Å². The van der Waals surface area contributed by atoms with Crippen LogP contribution in [0.4, 0.5) is 0 Å². The van der Waals surface area contributed by atoms with Gasteiger partial charge in [0.05, 0.1) is 6.10 Å². The molecule has 114 valence electrons. The maximum atomic E-state index is 6.47. The van der Waals surface area contributed by atoms with Crippen molar-refractivity contribution in [3.05, 3.63) is 71.8 Å². The minimum Gasteiger partial charge on any atom is -0.353 e. The topological polar surface area (TPSA) is 12.5 Å². The number of benzene rings is 2. The molecule has 0 amide bonds. The van der Waals surface area contributed by atoms with E-state index >= 15 is 0 Å². The fraction of sp³-hybridized carbons (Fsp3) is 0.400. The summed E-state index contributed by atoms with van der Waals surface area (Å²) in [5, 5.41) is 0. The molecule has 1 aliphatic heterocycles. The second kappa shape index (κ2) is 5.53. The molecule has 0 N–H and O–H groups in total. The zero-order valence-electron chi connectivity index (χ0n) is 13.2. The van der Waals surface area contributed by atoms with Gasteiger partial charge in [0.15, 0.2) is 0 Å². The van der Waals surface area contributed by atoms with Crippen LogP contribution in [0.1, 0.15) is 36.5 Å². The molecule has 2 fully saturated rings. The number of likely N-dealkylation sites (N-methyl/N-ethyl adjacent to an activating group) is 1. The summed E-state index contributed by atoms with van der Waals surface area (Å²) >= 11 is 0. The predicted octanol–water partition coefficient (Wildman–Crippen LogP) is 4.21. The Hall–Kier alpha value is -1.64. The molecule has 2 aromatic rings. The Kier molecular flexibility index (Phi) is 3.51. The summed E-state index contributed by atoms with van der Waals surface area (Å²) in [4.78, 5) is 2.42. The smallest absolute Gasteiger partial charge is 0.115 e. The first-order valence-electron chi connectivity index (χ1n) is 8.23. The summed E-state index contributed by atoms with van der Waals surface area (Å²) in [6.45, 7) is 2.28. The van der Waals surface area contributed by atoms with Crippen LogP contribution in [-0.2, 0) is 4.74 Å². The summed E-state index contributed by atoms with van der Waals surface area (Å²) in [5.41, 5.74) is 2.75. The van der Waals surface area contributed by atoms with Crippen LogP contribution in [0.25, 0.3) is 0 Å². The van der Waals surface area contributed by atoms with Crippen molar-refractivity contribution in [2.75, 3.05) is 7.05 Å². The van der Waals surface area contributed by atoms with Gasteiger partial charge in [-0.15, -0.1) is 0 Å². The number of hydrogen-bond donors (Lipinski definition) is 0. The van der Waals surface area contributed by atoms with Gasteiger partial charge in [-0.05, 0) is 37.4 Å². The van der Waals surface area contributed by atoms with Crippen molar-refractivity contribution in [3.8, 4) is 0 Å². The predicted molar refractivity (Wildman–Crippen MR) is 88.6 cm³/mol. The molecule has 2 aliphatic rings. The van der Waals surface area contributed by atoms with E-state index in [2.05, 4.69) is 79.5 Å². The van der Waals surface area contributed by atoms with Gasteiger partial charge < -0.3 is 4.74 Å². The molecule has 1 heterocycles. The first kappa shape index (κ1) is 14.0. The van der Waals surface area contributed by atoms with E-state index in [1.807, 2.05) is 0 Å². The zero-order chi connectivity index (χ0) is 15.1. The van der Waals surface area contributed by atoms with E-state index in [-0.39, 0.29) is 12.3 Å². The van der Waals surface area contributed by atoms with Crippen molar-refractivity contribution >= 4 is 0 Å². The van der Waals surface area contributed by atoms with E-state index in [4.69, 9.17) is 4.74 Å². The second-order valence-corrected chi connectivity index (χ2v) is 6.68. The van der Waals surface area contributed by atoms with Crippen LogP contribution in [-0.4, -0.2) is 24.2 Å². The van der Waals surface area contributed by atoms with E-state index in [1.54, 1.807) is 0 Å². The molecule has 0 aromatic heterocycles. The SMILES string of the molecule is C[C@H]1[C@@H](c2ccccc2)O[C@@H]([C@@H]2C[C@H]2c2ccccc2)N1C. The molecule has 1 aliphatic carbocycles. The number of rotatable bonds is 3. The molecular formula is C20H23NO. The van der Waals surface area contributed by atoms with Gasteiger partial charge in [-0.2, -0.15) is 0 Å². The van der Waals surface area contributed by atoms with Gasteiger partial charge in [0.2, 0.25) is 0 Å². The highest BCUT2D eigenvalue weighted by atomic mass is 16.5. The van der Waals surface area contributed by atoms with E-state index < -0.39 is 0 Å². The zero-order valence-corrected chi connectivity index (χ0v) is 13.2.